The van der Waals surface area contributed by atoms with Gasteiger partial charge in [-0.25, -0.2) is 22.0 Å². The summed E-state index contributed by atoms with van der Waals surface area (Å²) in [6, 6.07) is 4.16. The van der Waals surface area contributed by atoms with Crippen molar-refractivity contribution in [3.05, 3.63) is 18.2 Å². The summed E-state index contributed by atoms with van der Waals surface area (Å²) < 4.78 is 44.8. The van der Waals surface area contributed by atoms with Gasteiger partial charge >= 0.3 is 0 Å². The molecule has 4 N–H and O–H groups in total. The zero-order valence-electron chi connectivity index (χ0n) is 10.7. The number of sulfonamides is 1. The Morgan fingerprint density at radius 3 is 2.21 bits per heavy atom. The molecule has 0 bridgehead atoms. The summed E-state index contributed by atoms with van der Waals surface area (Å²) in [5, 5.41) is 5.04. The van der Waals surface area contributed by atoms with Crippen LogP contribution >= 0.6 is 0 Å². The van der Waals surface area contributed by atoms with Crippen molar-refractivity contribution in [2.75, 3.05) is 36.2 Å². The number of nitrogens with zero attached hydrogens (tertiary/aromatic N) is 1. The molecule has 7 nitrogen and oxygen atoms in total. The molecule has 0 fully saturated rings. The highest BCUT2D eigenvalue weighted by atomic mass is 32.2. The number of nitrogen functional groups attached to an aromatic ring is 1. The molecule has 19 heavy (non-hydrogen) atoms. The summed E-state index contributed by atoms with van der Waals surface area (Å²) in [5.41, 5.74) is 6.35. The summed E-state index contributed by atoms with van der Waals surface area (Å²) >= 11 is 0. The van der Waals surface area contributed by atoms with Gasteiger partial charge in [-0.15, -0.1) is 0 Å². The summed E-state index contributed by atoms with van der Waals surface area (Å²) in [4.78, 5) is 1.50. The third kappa shape index (κ3) is 5.05. The van der Waals surface area contributed by atoms with E-state index in [1.54, 1.807) is 18.0 Å². The van der Waals surface area contributed by atoms with Crippen molar-refractivity contribution in [2.45, 2.75) is 4.90 Å². The first kappa shape index (κ1) is 15.7. The maximum Gasteiger partial charge on any atom is 0.238 e. The molecule has 0 heterocycles. The third-order valence-corrected chi connectivity index (χ3v) is 4.30. The van der Waals surface area contributed by atoms with E-state index in [1.165, 1.54) is 12.1 Å². The first-order valence-electron chi connectivity index (χ1n) is 5.31. The Balaban J connectivity index is 3.04. The number of sulfone groups is 1. The van der Waals surface area contributed by atoms with Gasteiger partial charge in [-0.05, 0) is 18.2 Å². The highest BCUT2D eigenvalue weighted by molar-refractivity contribution is 7.90. The Hall–Kier alpha value is -1.32. The second-order valence-electron chi connectivity index (χ2n) is 4.36. The van der Waals surface area contributed by atoms with E-state index in [9.17, 15) is 16.8 Å². The molecule has 1 aromatic rings. The summed E-state index contributed by atoms with van der Waals surface area (Å²) in [5.74, 6) is -0.0387. The normalized spacial score (nSPS) is 12.4. The number of hydrogen-bond donors (Lipinski definition) is 2. The van der Waals surface area contributed by atoms with Crippen molar-refractivity contribution >= 4 is 31.2 Å². The molecule has 0 aliphatic rings. The fourth-order valence-electron chi connectivity index (χ4n) is 1.42. The highest BCUT2D eigenvalue weighted by Gasteiger charge is 2.13. The van der Waals surface area contributed by atoms with Gasteiger partial charge < -0.3 is 10.6 Å². The lowest BCUT2D eigenvalue weighted by atomic mass is 10.2. The second kappa shape index (κ2) is 5.35. The molecule has 0 unspecified atom stereocenters. The molecular formula is C10H17N3O4S2. The van der Waals surface area contributed by atoms with Crippen LogP contribution in [0.25, 0.3) is 0 Å². The van der Waals surface area contributed by atoms with Crippen LogP contribution in [0.5, 0.6) is 0 Å². The molecule has 0 aromatic heterocycles. The number of benzene rings is 1. The van der Waals surface area contributed by atoms with Crippen LogP contribution in [-0.2, 0) is 19.9 Å². The Morgan fingerprint density at radius 2 is 1.74 bits per heavy atom. The van der Waals surface area contributed by atoms with Gasteiger partial charge in [0.25, 0.3) is 0 Å². The van der Waals surface area contributed by atoms with Crippen LogP contribution in [0.3, 0.4) is 0 Å². The number of primary sulfonamides is 1. The van der Waals surface area contributed by atoms with E-state index in [-0.39, 0.29) is 22.9 Å². The fraction of sp³-hybridized carbons (Fsp3) is 0.400. The minimum absolute atomic E-state index is 0.0387. The zero-order chi connectivity index (χ0) is 14.8. The molecule has 0 amide bonds. The van der Waals surface area contributed by atoms with Crippen LogP contribution in [0.1, 0.15) is 0 Å². The second-order valence-corrected chi connectivity index (χ2v) is 8.18. The van der Waals surface area contributed by atoms with Crippen molar-refractivity contribution in [2.24, 2.45) is 5.14 Å². The molecular weight excluding hydrogens is 290 g/mol. The number of rotatable bonds is 5. The average Bonchev–Trinajstić information content (AvgIpc) is 2.22. The van der Waals surface area contributed by atoms with E-state index in [1.807, 2.05) is 0 Å². The van der Waals surface area contributed by atoms with Crippen molar-refractivity contribution in [3.63, 3.8) is 0 Å². The van der Waals surface area contributed by atoms with Crippen molar-refractivity contribution < 1.29 is 16.8 Å². The monoisotopic (exact) mass is 307 g/mol. The lowest BCUT2D eigenvalue weighted by Gasteiger charge is -2.19. The van der Waals surface area contributed by atoms with E-state index < -0.39 is 19.9 Å². The van der Waals surface area contributed by atoms with Gasteiger partial charge in [-0.2, -0.15) is 0 Å². The smallest absolute Gasteiger partial charge is 0.238 e. The maximum atomic E-state index is 11.3. The minimum atomic E-state index is -3.85. The van der Waals surface area contributed by atoms with Gasteiger partial charge in [-0.3, -0.25) is 0 Å². The molecule has 0 radical (unpaired) electrons. The Kier molecular flexibility index (Phi) is 4.43. The largest absolute Gasteiger partial charge is 0.399 e. The Bertz CT molecular complexity index is 668. The van der Waals surface area contributed by atoms with Gasteiger partial charge in [0.1, 0.15) is 9.84 Å². The van der Waals surface area contributed by atoms with E-state index in [4.69, 9.17) is 10.9 Å². The van der Waals surface area contributed by atoms with Gasteiger partial charge in [-0.1, -0.05) is 0 Å². The van der Waals surface area contributed by atoms with Crippen molar-refractivity contribution in [1.82, 2.24) is 0 Å². The number of hydrogen-bond acceptors (Lipinski definition) is 6. The predicted octanol–water partition coefficient (Wildman–Crippen LogP) is -0.603. The Morgan fingerprint density at radius 1 is 1.16 bits per heavy atom. The summed E-state index contributed by atoms with van der Waals surface area (Å²) in [6.07, 6.45) is 1.13. The molecule has 108 valence electrons. The first-order chi connectivity index (χ1) is 8.49. The van der Waals surface area contributed by atoms with Crippen LogP contribution in [-0.4, -0.2) is 42.4 Å². The minimum Gasteiger partial charge on any atom is -0.399 e. The predicted molar refractivity (Wildman–Crippen MR) is 75.2 cm³/mol. The van der Waals surface area contributed by atoms with E-state index in [2.05, 4.69) is 0 Å². The fourth-order valence-corrected chi connectivity index (χ4v) is 2.61. The lowest BCUT2D eigenvalue weighted by molar-refractivity contribution is 0.596. The summed E-state index contributed by atoms with van der Waals surface area (Å²) in [6.45, 7) is 0.229. The quantitative estimate of drug-likeness (QED) is 0.700. The zero-order valence-corrected chi connectivity index (χ0v) is 12.3. The van der Waals surface area contributed by atoms with Crippen molar-refractivity contribution in [3.8, 4) is 0 Å². The van der Waals surface area contributed by atoms with Gasteiger partial charge in [0.15, 0.2) is 0 Å². The molecule has 0 atom stereocenters. The van der Waals surface area contributed by atoms with Crippen LogP contribution in [0.15, 0.2) is 23.1 Å². The molecule has 9 heteroatoms. The van der Waals surface area contributed by atoms with Gasteiger partial charge in [0, 0.05) is 31.2 Å². The van der Waals surface area contributed by atoms with Crippen LogP contribution in [0, 0.1) is 0 Å². The summed E-state index contributed by atoms with van der Waals surface area (Å²) in [7, 11) is -5.30. The third-order valence-electron chi connectivity index (χ3n) is 2.48. The van der Waals surface area contributed by atoms with Crippen LogP contribution in [0.4, 0.5) is 11.4 Å². The molecule has 0 spiro atoms. The maximum absolute atomic E-state index is 11.3. The number of nitrogens with two attached hydrogens (primary N) is 2. The standard InChI is InChI=1S/C10H17N3O4S2/c1-13(3-4-18(2,14)15)9-5-8(11)6-10(7-9)19(12,16)17/h5-7H,3-4,11H2,1-2H3,(H2,12,16,17). The van der Waals surface area contributed by atoms with Crippen molar-refractivity contribution in [1.29, 1.82) is 0 Å². The lowest BCUT2D eigenvalue weighted by Crippen LogP contribution is -2.25. The first-order valence-corrected chi connectivity index (χ1v) is 8.92. The van der Waals surface area contributed by atoms with E-state index >= 15 is 0 Å². The molecule has 1 rings (SSSR count). The molecule has 1 aromatic carbocycles. The van der Waals surface area contributed by atoms with E-state index in [0.29, 0.717) is 5.69 Å². The van der Waals surface area contributed by atoms with Gasteiger partial charge in [0.05, 0.1) is 10.6 Å². The average molecular weight is 307 g/mol. The van der Waals surface area contributed by atoms with Crippen LogP contribution < -0.4 is 15.8 Å². The van der Waals surface area contributed by atoms with Crippen LogP contribution in [0.2, 0.25) is 0 Å². The topological polar surface area (TPSA) is 124 Å². The SMILES string of the molecule is CN(CCS(C)(=O)=O)c1cc(N)cc(S(N)(=O)=O)c1. The molecule has 0 saturated carbocycles. The molecule has 0 aliphatic carbocycles. The molecule has 0 aliphatic heterocycles. The van der Waals surface area contributed by atoms with E-state index in [0.717, 1.165) is 6.26 Å². The van der Waals surface area contributed by atoms with Gasteiger partial charge in [0.2, 0.25) is 10.0 Å². The Labute approximate surface area is 113 Å². The number of anilines is 2. The highest BCUT2D eigenvalue weighted by Crippen LogP contribution is 2.22. The molecule has 0 saturated heterocycles.